The Hall–Kier alpha value is -2.31. The molecule has 1 aromatic carbocycles. The van der Waals surface area contributed by atoms with Crippen LogP contribution < -0.4 is 5.32 Å². The van der Waals surface area contributed by atoms with Gasteiger partial charge < -0.3 is 5.32 Å². The fourth-order valence-corrected chi connectivity index (χ4v) is 4.81. The van der Waals surface area contributed by atoms with Crippen LogP contribution in [0.4, 0.5) is 0 Å². The van der Waals surface area contributed by atoms with Gasteiger partial charge >= 0.3 is 0 Å². The highest BCUT2D eigenvalue weighted by atomic mass is 35.5. The SMILES string of the molecule is Cc1cncc(C2CCC(Cl)(c3ccc4c(c3)CNCc3nncn3-4)CC2)n1. The van der Waals surface area contributed by atoms with Crippen LogP contribution in [0.2, 0.25) is 0 Å². The molecule has 3 aromatic rings. The van der Waals surface area contributed by atoms with Crippen molar-refractivity contribution in [3.8, 4) is 5.69 Å². The summed E-state index contributed by atoms with van der Waals surface area (Å²) < 4.78 is 2.06. The van der Waals surface area contributed by atoms with Crippen LogP contribution in [0.5, 0.6) is 0 Å². The Labute approximate surface area is 169 Å². The Morgan fingerprint density at radius 2 is 2.04 bits per heavy atom. The summed E-state index contributed by atoms with van der Waals surface area (Å²) in [7, 11) is 0. The second kappa shape index (κ2) is 6.94. The van der Waals surface area contributed by atoms with Gasteiger partial charge in [0.1, 0.15) is 6.33 Å². The molecule has 2 aromatic heterocycles. The van der Waals surface area contributed by atoms with E-state index in [0.29, 0.717) is 5.92 Å². The molecule has 28 heavy (non-hydrogen) atoms. The van der Waals surface area contributed by atoms with Crippen LogP contribution in [0.3, 0.4) is 0 Å². The lowest BCUT2D eigenvalue weighted by atomic mass is 9.76. The third-order valence-electron chi connectivity index (χ3n) is 6.04. The van der Waals surface area contributed by atoms with E-state index < -0.39 is 0 Å². The molecule has 1 N–H and O–H groups in total. The molecule has 3 heterocycles. The van der Waals surface area contributed by atoms with Gasteiger partial charge in [0.25, 0.3) is 0 Å². The van der Waals surface area contributed by atoms with Crippen molar-refractivity contribution in [1.82, 2.24) is 30.0 Å². The maximum atomic E-state index is 7.16. The Kier molecular flexibility index (Phi) is 4.40. The molecule has 0 bridgehead atoms. The smallest absolute Gasteiger partial charge is 0.151 e. The van der Waals surface area contributed by atoms with E-state index in [-0.39, 0.29) is 4.87 Å². The summed E-state index contributed by atoms with van der Waals surface area (Å²) in [5.41, 5.74) is 5.66. The minimum absolute atomic E-state index is 0.314. The molecule has 6 nitrogen and oxygen atoms in total. The number of hydrogen-bond acceptors (Lipinski definition) is 5. The molecule has 0 atom stereocenters. The molecule has 1 aliphatic heterocycles. The lowest BCUT2D eigenvalue weighted by molar-refractivity contribution is 0.354. The van der Waals surface area contributed by atoms with E-state index in [1.807, 2.05) is 19.3 Å². The topological polar surface area (TPSA) is 68.5 Å². The predicted molar refractivity (Wildman–Crippen MR) is 107 cm³/mol. The van der Waals surface area contributed by atoms with E-state index in [4.69, 9.17) is 11.6 Å². The average Bonchev–Trinajstić information content (AvgIpc) is 3.10. The number of alkyl halides is 1. The number of aryl methyl sites for hydroxylation is 1. The second-order valence-corrected chi connectivity index (χ2v) is 8.61. The van der Waals surface area contributed by atoms with Crippen molar-refractivity contribution in [3.63, 3.8) is 0 Å². The number of benzene rings is 1. The van der Waals surface area contributed by atoms with Crippen LogP contribution in [0, 0.1) is 6.92 Å². The van der Waals surface area contributed by atoms with Gasteiger partial charge in [-0.15, -0.1) is 21.8 Å². The predicted octanol–water partition coefficient (Wildman–Crippen LogP) is 3.76. The molecule has 144 valence electrons. The normalized spacial score (nSPS) is 24.3. The van der Waals surface area contributed by atoms with Crippen molar-refractivity contribution in [1.29, 1.82) is 0 Å². The number of hydrogen-bond donors (Lipinski definition) is 1. The van der Waals surface area contributed by atoms with Crippen molar-refractivity contribution in [3.05, 3.63) is 65.3 Å². The summed E-state index contributed by atoms with van der Waals surface area (Å²) in [6.07, 6.45) is 9.45. The van der Waals surface area contributed by atoms with Crippen LogP contribution in [-0.4, -0.2) is 24.7 Å². The highest BCUT2D eigenvalue weighted by Crippen LogP contribution is 2.47. The molecule has 0 saturated heterocycles. The van der Waals surface area contributed by atoms with Crippen LogP contribution in [0.25, 0.3) is 5.69 Å². The molecular formula is C21H23ClN6. The fraction of sp³-hybridized carbons (Fsp3) is 0.429. The highest BCUT2D eigenvalue weighted by Gasteiger charge is 2.36. The van der Waals surface area contributed by atoms with Crippen molar-refractivity contribution >= 4 is 11.6 Å². The first kappa shape index (κ1) is 17.8. The van der Waals surface area contributed by atoms with Gasteiger partial charge in [-0.05, 0) is 49.8 Å². The Bertz CT molecular complexity index is 1010. The summed E-state index contributed by atoms with van der Waals surface area (Å²) in [6, 6.07) is 6.59. The summed E-state index contributed by atoms with van der Waals surface area (Å²) in [6.45, 7) is 3.52. The minimum Gasteiger partial charge on any atom is -0.306 e. The molecule has 0 unspecified atom stereocenters. The van der Waals surface area contributed by atoms with E-state index in [1.165, 1.54) is 11.1 Å². The number of halogens is 1. The van der Waals surface area contributed by atoms with E-state index in [0.717, 1.165) is 61.7 Å². The van der Waals surface area contributed by atoms with Crippen LogP contribution in [0.1, 0.15) is 59.9 Å². The van der Waals surface area contributed by atoms with E-state index in [2.05, 4.69) is 48.2 Å². The van der Waals surface area contributed by atoms with Gasteiger partial charge in [0, 0.05) is 24.9 Å². The molecule has 0 amide bonds. The van der Waals surface area contributed by atoms with Crippen molar-refractivity contribution in [2.45, 2.75) is 56.5 Å². The third kappa shape index (κ3) is 3.10. The second-order valence-electron chi connectivity index (χ2n) is 7.89. The molecule has 1 fully saturated rings. The maximum absolute atomic E-state index is 7.16. The van der Waals surface area contributed by atoms with Gasteiger partial charge in [0.2, 0.25) is 0 Å². The first-order chi connectivity index (χ1) is 13.6. The summed E-state index contributed by atoms with van der Waals surface area (Å²) >= 11 is 7.16. The highest BCUT2D eigenvalue weighted by molar-refractivity contribution is 6.24. The minimum atomic E-state index is -0.314. The molecule has 1 aliphatic carbocycles. The zero-order valence-corrected chi connectivity index (χ0v) is 16.7. The molecule has 5 rings (SSSR count). The lowest BCUT2D eigenvalue weighted by Gasteiger charge is -2.36. The Morgan fingerprint density at radius 1 is 1.18 bits per heavy atom. The summed E-state index contributed by atoms with van der Waals surface area (Å²) in [4.78, 5) is 8.67. The van der Waals surface area contributed by atoms with Crippen LogP contribution in [0.15, 0.2) is 36.9 Å². The summed E-state index contributed by atoms with van der Waals surface area (Å²) in [5, 5.41) is 11.7. The first-order valence-corrected chi connectivity index (χ1v) is 10.2. The maximum Gasteiger partial charge on any atom is 0.151 e. The van der Waals surface area contributed by atoms with E-state index in [9.17, 15) is 0 Å². The van der Waals surface area contributed by atoms with Crippen molar-refractivity contribution in [2.75, 3.05) is 0 Å². The largest absolute Gasteiger partial charge is 0.306 e. The van der Waals surface area contributed by atoms with Crippen molar-refractivity contribution < 1.29 is 0 Å². The molecule has 2 aliphatic rings. The molecule has 1 saturated carbocycles. The number of fused-ring (bicyclic) bond motifs is 3. The van der Waals surface area contributed by atoms with Gasteiger partial charge in [-0.2, -0.15) is 0 Å². The number of aromatic nitrogens is 5. The molecule has 0 spiro atoms. The van der Waals surface area contributed by atoms with Gasteiger partial charge in [-0.25, -0.2) is 0 Å². The monoisotopic (exact) mass is 394 g/mol. The molecule has 0 radical (unpaired) electrons. The molecule has 7 heteroatoms. The number of nitrogens with one attached hydrogen (secondary N) is 1. The lowest BCUT2D eigenvalue weighted by Crippen LogP contribution is -2.26. The van der Waals surface area contributed by atoms with Gasteiger partial charge in [0.05, 0.1) is 28.5 Å². The van der Waals surface area contributed by atoms with Crippen LogP contribution in [-0.2, 0) is 18.0 Å². The van der Waals surface area contributed by atoms with Crippen LogP contribution >= 0.6 is 11.6 Å². The summed E-state index contributed by atoms with van der Waals surface area (Å²) in [5.74, 6) is 1.38. The Morgan fingerprint density at radius 3 is 2.86 bits per heavy atom. The van der Waals surface area contributed by atoms with Gasteiger partial charge in [0.15, 0.2) is 5.82 Å². The Balaban J connectivity index is 1.39. The zero-order valence-electron chi connectivity index (χ0n) is 15.9. The first-order valence-electron chi connectivity index (χ1n) is 9.83. The zero-order chi connectivity index (χ0) is 19.1. The van der Waals surface area contributed by atoms with E-state index in [1.54, 1.807) is 6.33 Å². The fourth-order valence-electron chi connectivity index (χ4n) is 4.47. The third-order valence-corrected chi connectivity index (χ3v) is 6.64. The number of nitrogens with zero attached hydrogens (tertiary/aromatic N) is 5. The van der Waals surface area contributed by atoms with E-state index >= 15 is 0 Å². The average molecular weight is 395 g/mol. The standard InChI is InChI=1S/C21H23ClN6/c1-14-9-23-11-18(26-14)15-4-6-21(22,7-5-15)17-2-3-19-16(8-17)10-24-12-20-27-25-13-28(19)20/h2-3,8-9,11,13,15,24H,4-7,10,12H2,1H3. The quantitative estimate of drug-likeness (QED) is 0.670. The van der Waals surface area contributed by atoms with Gasteiger partial charge in [-0.3, -0.25) is 14.5 Å². The number of rotatable bonds is 2. The van der Waals surface area contributed by atoms with Crippen molar-refractivity contribution in [2.24, 2.45) is 0 Å². The molecular weight excluding hydrogens is 372 g/mol. The van der Waals surface area contributed by atoms with Gasteiger partial charge in [-0.1, -0.05) is 12.1 Å².